The topological polar surface area (TPSA) is 58.2 Å². The smallest absolute Gasteiger partial charge is 0.237 e. The molecule has 0 bridgehead atoms. The van der Waals surface area contributed by atoms with Gasteiger partial charge in [0.1, 0.15) is 5.41 Å². The molecule has 8 heteroatoms. The van der Waals surface area contributed by atoms with Crippen LogP contribution in [0.3, 0.4) is 0 Å². The highest BCUT2D eigenvalue weighted by molar-refractivity contribution is 14.1. The summed E-state index contributed by atoms with van der Waals surface area (Å²) in [7, 11) is 0. The number of piperidine rings is 1. The van der Waals surface area contributed by atoms with E-state index < -0.39 is 11.5 Å². The molecule has 1 fully saturated rings. The number of nitrogens with one attached hydrogen (secondary N) is 2. The number of amides is 2. The lowest BCUT2D eigenvalue weighted by Gasteiger charge is -2.49. The van der Waals surface area contributed by atoms with Crippen molar-refractivity contribution in [3.8, 4) is 0 Å². The molecule has 3 aliphatic rings. The molecule has 1 spiro atoms. The van der Waals surface area contributed by atoms with Crippen molar-refractivity contribution in [2.24, 2.45) is 11.8 Å². The molecule has 2 N–H and O–H groups in total. The second-order valence-corrected chi connectivity index (χ2v) is 10.9. The molecular formula is C24H18Cl3IN2O2. The van der Waals surface area contributed by atoms with E-state index in [-0.39, 0.29) is 30.1 Å². The number of halogens is 4. The molecule has 2 aromatic rings. The predicted octanol–water partition coefficient (Wildman–Crippen LogP) is 6.36. The minimum absolute atomic E-state index is 0.0785. The second kappa shape index (κ2) is 8.35. The highest BCUT2D eigenvalue weighted by atomic mass is 127. The molecule has 164 valence electrons. The van der Waals surface area contributed by atoms with Gasteiger partial charge in [-0.05, 0) is 88.4 Å². The maximum Gasteiger partial charge on any atom is 0.237 e. The summed E-state index contributed by atoms with van der Waals surface area (Å²) in [6.07, 6.45) is 6.60. The first kappa shape index (κ1) is 22.3. The van der Waals surface area contributed by atoms with E-state index in [4.69, 9.17) is 34.8 Å². The molecule has 0 radical (unpaired) electrons. The van der Waals surface area contributed by atoms with Crippen LogP contribution in [-0.2, 0) is 15.0 Å². The van der Waals surface area contributed by atoms with E-state index in [1.165, 1.54) is 0 Å². The lowest BCUT2D eigenvalue weighted by atomic mass is 9.57. The maximum atomic E-state index is 13.9. The summed E-state index contributed by atoms with van der Waals surface area (Å²) in [5.74, 6) is -0.641. The molecule has 4 nitrogen and oxygen atoms in total. The third kappa shape index (κ3) is 3.49. The van der Waals surface area contributed by atoms with Gasteiger partial charge in [-0.2, -0.15) is 0 Å². The zero-order chi connectivity index (χ0) is 22.6. The van der Waals surface area contributed by atoms with Crippen molar-refractivity contribution >= 4 is 74.9 Å². The molecule has 5 rings (SSSR count). The Morgan fingerprint density at radius 2 is 1.75 bits per heavy atom. The van der Waals surface area contributed by atoms with Gasteiger partial charge in [-0.25, -0.2) is 0 Å². The van der Waals surface area contributed by atoms with Crippen molar-refractivity contribution in [3.05, 3.63) is 84.4 Å². The number of carbonyl (C=O) groups excluding carboxylic acids is 2. The molecule has 0 aromatic heterocycles. The minimum Gasteiger partial charge on any atom is -0.348 e. The second-order valence-electron chi connectivity index (χ2n) is 8.36. The van der Waals surface area contributed by atoms with Crippen molar-refractivity contribution in [2.45, 2.75) is 24.3 Å². The lowest BCUT2D eigenvalue weighted by molar-refractivity contribution is -0.135. The van der Waals surface area contributed by atoms with Gasteiger partial charge in [0, 0.05) is 30.8 Å². The third-order valence-corrected chi connectivity index (χ3v) is 8.39. The van der Waals surface area contributed by atoms with Crippen LogP contribution in [0.25, 0.3) is 0 Å². The number of benzene rings is 2. The predicted molar refractivity (Wildman–Crippen MR) is 136 cm³/mol. The Morgan fingerprint density at radius 3 is 2.53 bits per heavy atom. The fourth-order valence-electron chi connectivity index (χ4n) is 5.38. The summed E-state index contributed by atoms with van der Waals surface area (Å²) in [6, 6.07) is 10.4. The molecule has 1 aliphatic carbocycles. The zero-order valence-electron chi connectivity index (χ0n) is 16.7. The van der Waals surface area contributed by atoms with E-state index in [1.807, 2.05) is 30.4 Å². The van der Waals surface area contributed by atoms with Crippen LogP contribution in [0.2, 0.25) is 10.0 Å². The molecule has 2 aliphatic heterocycles. The van der Waals surface area contributed by atoms with Crippen molar-refractivity contribution in [3.63, 3.8) is 0 Å². The average Bonchev–Trinajstić information content (AvgIpc) is 3.02. The van der Waals surface area contributed by atoms with E-state index in [9.17, 15) is 9.59 Å². The van der Waals surface area contributed by atoms with Gasteiger partial charge < -0.3 is 10.6 Å². The molecule has 2 heterocycles. The minimum atomic E-state index is -1.04. The van der Waals surface area contributed by atoms with Gasteiger partial charge in [0.15, 0.2) is 0 Å². The van der Waals surface area contributed by atoms with Crippen LogP contribution in [0.5, 0.6) is 0 Å². The Hall–Kier alpha value is -1.54. The molecule has 32 heavy (non-hydrogen) atoms. The van der Waals surface area contributed by atoms with Crippen LogP contribution in [0.4, 0.5) is 5.69 Å². The van der Waals surface area contributed by atoms with E-state index in [1.54, 1.807) is 18.2 Å². The molecule has 0 saturated carbocycles. The van der Waals surface area contributed by atoms with Gasteiger partial charge >= 0.3 is 0 Å². The maximum absolute atomic E-state index is 13.9. The Labute approximate surface area is 214 Å². The zero-order valence-corrected chi connectivity index (χ0v) is 21.1. The highest BCUT2D eigenvalue weighted by Crippen LogP contribution is 2.57. The fraction of sp³-hybridized carbons (Fsp3) is 0.250. The van der Waals surface area contributed by atoms with Crippen molar-refractivity contribution < 1.29 is 9.59 Å². The Morgan fingerprint density at radius 1 is 1.00 bits per heavy atom. The molecule has 4 atom stereocenters. The van der Waals surface area contributed by atoms with Crippen LogP contribution in [-0.4, -0.2) is 11.8 Å². The third-order valence-electron chi connectivity index (χ3n) is 6.65. The quantitative estimate of drug-likeness (QED) is 0.395. The first-order valence-electron chi connectivity index (χ1n) is 10.2. The number of hydrogen-bond donors (Lipinski definition) is 2. The lowest BCUT2D eigenvalue weighted by Crippen LogP contribution is -2.59. The van der Waals surface area contributed by atoms with E-state index in [2.05, 4.69) is 39.3 Å². The first-order valence-corrected chi connectivity index (χ1v) is 12.4. The van der Waals surface area contributed by atoms with Crippen molar-refractivity contribution in [1.82, 2.24) is 5.32 Å². The van der Waals surface area contributed by atoms with Crippen LogP contribution in [0, 0.1) is 15.4 Å². The molecule has 1 saturated heterocycles. The fourth-order valence-corrected chi connectivity index (χ4v) is 6.63. The Balaban J connectivity index is 1.78. The number of fused-ring (bicyclic) bond motifs is 2. The van der Waals surface area contributed by atoms with Crippen LogP contribution >= 0.6 is 57.4 Å². The number of rotatable bonds is 2. The normalized spacial score (nSPS) is 28.9. The molecule has 1 unspecified atom stereocenters. The number of hydrogen-bond acceptors (Lipinski definition) is 2. The van der Waals surface area contributed by atoms with E-state index >= 15 is 0 Å². The van der Waals surface area contributed by atoms with Gasteiger partial charge in [0.2, 0.25) is 11.8 Å². The van der Waals surface area contributed by atoms with E-state index in [0.717, 1.165) is 14.7 Å². The summed E-state index contributed by atoms with van der Waals surface area (Å²) in [4.78, 5) is 26.9. The molecular weight excluding hydrogens is 582 g/mol. The van der Waals surface area contributed by atoms with Gasteiger partial charge in [0.25, 0.3) is 0 Å². The Bertz CT molecular complexity index is 1210. The van der Waals surface area contributed by atoms with Gasteiger partial charge in [-0.15, -0.1) is 0 Å². The van der Waals surface area contributed by atoms with Gasteiger partial charge in [-0.3, -0.25) is 9.59 Å². The summed E-state index contributed by atoms with van der Waals surface area (Å²) in [5, 5.41) is 7.97. The van der Waals surface area contributed by atoms with Gasteiger partial charge in [-0.1, -0.05) is 53.0 Å². The summed E-state index contributed by atoms with van der Waals surface area (Å²) in [5.41, 5.74) is 1.28. The molecule has 2 aromatic carbocycles. The standard InChI is InChI=1S/C24H18Cl3IN2O2/c25-13-3-1-2-12(8-13)18-11-21(31)30-22(16-9-14(26)5-7-19(16)28)24(18)17-6-4-15(27)10-20(17)29-23(24)32/h1-7,9-10,12,18,22H,8,11H2,(H,29,32)(H,30,31)/t12?,18-,22-,24-/m0/s1. The monoisotopic (exact) mass is 598 g/mol. The summed E-state index contributed by atoms with van der Waals surface area (Å²) in [6.45, 7) is 0. The number of anilines is 1. The van der Waals surface area contributed by atoms with Crippen molar-refractivity contribution in [2.75, 3.05) is 5.32 Å². The Kier molecular flexibility index (Phi) is 5.81. The average molecular weight is 600 g/mol. The van der Waals surface area contributed by atoms with Crippen LogP contribution in [0.15, 0.2) is 59.7 Å². The van der Waals surface area contributed by atoms with Crippen LogP contribution < -0.4 is 10.6 Å². The highest BCUT2D eigenvalue weighted by Gasteiger charge is 2.62. The van der Waals surface area contributed by atoms with Crippen LogP contribution in [0.1, 0.15) is 30.0 Å². The number of allylic oxidation sites excluding steroid dienone is 4. The van der Waals surface area contributed by atoms with Crippen molar-refractivity contribution in [1.29, 1.82) is 0 Å². The van der Waals surface area contributed by atoms with Gasteiger partial charge in [0.05, 0.1) is 6.04 Å². The summed E-state index contributed by atoms with van der Waals surface area (Å²) < 4.78 is 0.921. The largest absolute Gasteiger partial charge is 0.348 e. The summed E-state index contributed by atoms with van der Waals surface area (Å²) >= 11 is 21.2. The van der Waals surface area contributed by atoms with E-state index in [0.29, 0.717) is 27.2 Å². The molecule has 2 amide bonds. The first-order chi connectivity index (χ1) is 15.3. The SMILES string of the molecule is O=C1C[C@@H](C2C=CC=C(Cl)C2)[C@]2(C(=O)Nc3cc(Cl)ccc32)[C@H](c2cc(Cl)ccc2I)N1. The number of carbonyl (C=O) groups is 2.